The van der Waals surface area contributed by atoms with Gasteiger partial charge in [-0.25, -0.2) is 13.6 Å². The van der Waals surface area contributed by atoms with Crippen LogP contribution in [0.1, 0.15) is 5.56 Å². The normalized spacial score (nSPS) is 11.3. The van der Waals surface area contributed by atoms with Gasteiger partial charge in [-0.2, -0.15) is 5.26 Å². The lowest BCUT2D eigenvalue weighted by atomic mass is 10.1. The molecule has 0 bridgehead atoms. The highest BCUT2D eigenvalue weighted by Gasteiger charge is 2.21. The minimum atomic E-state index is -4.00. The van der Waals surface area contributed by atoms with E-state index < -0.39 is 10.0 Å². The Morgan fingerprint density at radius 3 is 2.81 bits per heavy atom. The van der Waals surface area contributed by atoms with Gasteiger partial charge in [0.15, 0.2) is 5.82 Å². The fraction of sp³-hybridized carbons (Fsp3) is 0.250. The van der Waals surface area contributed by atoms with Gasteiger partial charge in [0.25, 0.3) is 15.2 Å². The number of nitrogens with zero attached hydrogens (tertiary/aromatic N) is 4. The van der Waals surface area contributed by atoms with Gasteiger partial charge in [0.2, 0.25) is 0 Å². The second-order valence-corrected chi connectivity index (χ2v) is 5.64. The molecule has 1 heterocycles. The first-order chi connectivity index (χ1) is 9.97. The summed E-state index contributed by atoms with van der Waals surface area (Å²) in [6.07, 6.45) is 0. The molecule has 0 spiro atoms. The molecule has 0 radical (unpaired) electrons. The summed E-state index contributed by atoms with van der Waals surface area (Å²) in [6, 6.07) is 8.64. The number of methoxy groups -OCH3 is 1. The third kappa shape index (κ3) is 3.25. The van der Waals surface area contributed by atoms with Crippen LogP contribution in [0.4, 0.5) is 0 Å². The van der Waals surface area contributed by atoms with Gasteiger partial charge in [0.05, 0.1) is 24.8 Å². The molecule has 0 fully saturated rings. The van der Waals surface area contributed by atoms with E-state index in [1.165, 1.54) is 11.7 Å². The highest BCUT2D eigenvalue weighted by atomic mass is 32.2. The number of hydrogen-bond donors (Lipinski definition) is 1. The molecule has 2 rings (SSSR count). The highest BCUT2D eigenvalue weighted by molar-refractivity contribution is 7.89. The van der Waals surface area contributed by atoms with Crippen molar-refractivity contribution in [2.45, 2.75) is 11.7 Å². The highest BCUT2D eigenvalue weighted by Crippen LogP contribution is 2.21. The molecule has 110 valence electrons. The van der Waals surface area contributed by atoms with Crippen LogP contribution < -0.4 is 5.14 Å². The Labute approximate surface area is 121 Å². The van der Waals surface area contributed by atoms with Crippen molar-refractivity contribution in [3.63, 3.8) is 0 Å². The zero-order valence-corrected chi connectivity index (χ0v) is 12.0. The molecule has 2 aromatic rings. The Morgan fingerprint density at radius 2 is 2.19 bits per heavy atom. The number of benzene rings is 1. The molecule has 0 amide bonds. The van der Waals surface area contributed by atoms with E-state index in [4.69, 9.17) is 15.1 Å². The maximum Gasteiger partial charge on any atom is 0.273 e. The van der Waals surface area contributed by atoms with Crippen LogP contribution in [0, 0.1) is 11.3 Å². The third-order valence-electron chi connectivity index (χ3n) is 2.74. The first-order valence-electron chi connectivity index (χ1n) is 5.93. The molecular formula is C12H13N5O3S. The lowest BCUT2D eigenvalue weighted by Gasteiger charge is -2.08. The summed E-state index contributed by atoms with van der Waals surface area (Å²) in [5.74, 6) is 0.313. The van der Waals surface area contributed by atoms with E-state index in [-0.39, 0.29) is 18.3 Å². The van der Waals surface area contributed by atoms with E-state index in [1.54, 1.807) is 24.3 Å². The monoisotopic (exact) mass is 307 g/mol. The zero-order chi connectivity index (χ0) is 15.5. The van der Waals surface area contributed by atoms with Crippen LogP contribution in [0.15, 0.2) is 29.4 Å². The lowest BCUT2D eigenvalue weighted by molar-refractivity contribution is 0.185. The number of primary sulfonamides is 1. The lowest BCUT2D eigenvalue weighted by Crippen LogP contribution is -2.20. The van der Waals surface area contributed by atoms with Crippen LogP contribution in [0.5, 0.6) is 0 Å². The van der Waals surface area contributed by atoms with Crippen LogP contribution in [-0.4, -0.2) is 36.9 Å². The summed E-state index contributed by atoms with van der Waals surface area (Å²) in [7, 11) is -2.50. The second kappa shape index (κ2) is 6.01. The molecule has 8 nitrogen and oxygen atoms in total. The second-order valence-electron chi connectivity index (χ2n) is 4.19. The van der Waals surface area contributed by atoms with Gasteiger partial charge in [-0.3, -0.25) is 4.57 Å². The summed E-state index contributed by atoms with van der Waals surface area (Å²) in [4.78, 5) is 0. The number of ether oxygens (including phenoxy) is 1. The molecule has 0 saturated heterocycles. The Hall–Kier alpha value is -2.28. The van der Waals surface area contributed by atoms with E-state index in [9.17, 15) is 8.42 Å². The smallest absolute Gasteiger partial charge is 0.273 e. The van der Waals surface area contributed by atoms with E-state index in [0.29, 0.717) is 17.0 Å². The van der Waals surface area contributed by atoms with Gasteiger partial charge < -0.3 is 4.74 Å². The Balaban J connectivity index is 2.58. The van der Waals surface area contributed by atoms with E-state index >= 15 is 0 Å². The SMILES string of the molecule is COCCn1c(-c2cccc(C#N)c2)nnc1S(N)(=O)=O. The standard InChI is InChI=1S/C12H13N5O3S/c1-20-6-5-17-11(15-16-12(17)21(14,18)19)10-4-2-3-9(7-10)8-13/h2-4,7H,5-6H2,1H3,(H2,14,18,19). The summed E-state index contributed by atoms with van der Waals surface area (Å²) in [5, 5.41) is 21.2. The van der Waals surface area contributed by atoms with Crippen molar-refractivity contribution in [1.29, 1.82) is 5.26 Å². The molecule has 2 N–H and O–H groups in total. The van der Waals surface area contributed by atoms with Gasteiger partial charge >= 0.3 is 0 Å². The quantitative estimate of drug-likeness (QED) is 0.836. The maximum atomic E-state index is 11.5. The van der Waals surface area contributed by atoms with Crippen molar-refractivity contribution in [1.82, 2.24) is 14.8 Å². The van der Waals surface area contributed by atoms with E-state index in [0.717, 1.165) is 0 Å². The first-order valence-corrected chi connectivity index (χ1v) is 7.47. The predicted octanol–water partition coefficient (Wildman–Crippen LogP) is 0.111. The fourth-order valence-electron chi connectivity index (χ4n) is 1.82. The average molecular weight is 307 g/mol. The summed E-state index contributed by atoms with van der Waals surface area (Å²) < 4.78 is 29.4. The minimum absolute atomic E-state index is 0.224. The van der Waals surface area contributed by atoms with Crippen LogP contribution in [-0.2, 0) is 21.3 Å². The van der Waals surface area contributed by atoms with Crippen LogP contribution >= 0.6 is 0 Å². The van der Waals surface area contributed by atoms with Gasteiger partial charge in [-0.15, -0.1) is 10.2 Å². The van der Waals surface area contributed by atoms with Gasteiger partial charge in [-0.05, 0) is 12.1 Å². The van der Waals surface area contributed by atoms with Gasteiger partial charge in [0, 0.05) is 12.7 Å². The van der Waals surface area contributed by atoms with Crippen LogP contribution in [0.25, 0.3) is 11.4 Å². The molecule has 9 heteroatoms. The molecule has 0 aliphatic carbocycles. The maximum absolute atomic E-state index is 11.5. The molecule has 1 aromatic carbocycles. The fourth-order valence-corrected chi connectivity index (χ4v) is 2.46. The Morgan fingerprint density at radius 1 is 1.43 bits per heavy atom. The average Bonchev–Trinajstić information content (AvgIpc) is 2.89. The minimum Gasteiger partial charge on any atom is -0.383 e. The molecular weight excluding hydrogens is 294 g/mol. The number of hydrogen-bond acceptors (Lipinski definition) is 6. The topological polar surface area (TPSA) is 124 Å². The van der Waals surface area contributed by atoms with Crippen molar-refractivity contribution in [3.05, 3.63) is 29.8 Å². The summed E-state index contributed by atoms with van der Waals surface area (Å²) in [5.41, 5.74) is 1.01. The van der Waals surface area contributed by atoms with E-state index in [2.05, 4.69) is 10.2 Å². The Bertz CT molecular complexity index is 791. The van der Waals surface area contributed by atoms with Gasteiger partial charge in [-0.1, -0.05) is 12.1 Å². The number of sulfonamides is 1. The molecule has 0 atom stereocenters. The largest absolute Gasteiger partial charge is 0.383 e. The van der Waals surface area contributed by atoms with Crippen LogP contribution in [0.3, 0.4) is 0 Å². The predicted molar refractivity (Wildman–Crippen MR) is 73.4 cm³/mol. The molecule has 0 saturated carbocycles. The third-order valence-corrected chi connectivity index (χ3v) is 3.55. The molecule has 21 heavy (non-hydrogen) atoms. The molecule has 0 aliphatic heterocycles. The number of rotatable bonds is 5. The Kier molecular flexibility index (Phi) is 4.32. The number of nitrogens with two attached hydrogens (primary N) is 1. The number of aromatic nitrogens is 3. The van der Waals surface area contributed by atoms with Crippen molar-refractivity contribution in [3.8, 4) is 17.5 Å². The first kappa shape index (κ1) is 15.1. The molecule has 0 unspecified atom stereocenters. The number of nitriles is 1. The van der Waals surface area contributed by atoms with Gasteiger partial charge in [0.1, 0.15) is 0 Å². The van der Waals surface area contributed by atoms with Crippen LogP contribution in [0.2, 0.25) is 0 Å². The molecule has 1 aromatic heterocycles. The van der Waals surface area contributed by atoms with Crippen molar-refractivity contribution in [2.24, 2.45) is 5.14 Å². The van der Waals surface area contributed by atoms with Crippen molar-refractivity contribution >= 4 is 10.0 Å². The molecule has 0 aliphatic rings. The van der Waals surface area contributed by atoms with Crippen molar-refractivity contribution in [2.75, 3.05) is 13.7 Å². The summed E-state index contributed by atoms with van der Waals surface area (Å²) >= 11 is 0. The zero-order valence-electron chi connectivity index (χ0n) is 11.2. The van der Waals surface area contributed by atoms with Crippen molar-refractivity contribution < 1.29 is 13.2 Å². The van der Waals surface area contributed by atoms with E-state index in [1.807, 2.05) is 6.07 Å². The summed E-state index contributed by atoms with van der Waals surface area (Å²) in [6.45, 7) is 0.493.